The molecule has 0 saturated carbocycles. The monoisotopic (exact) mass is 685 g/mol. The molecule has 266 valence electrons. The second kappa shape index (κ2) is 18.4. The molecule has 1 aliphatic heterocycles. The zero-order chi connectivity index (χ0) is 35.2. The summed E-state index contributed by atoms with van der Waals surface area (Å²) in [6.45, 7) is 8.08. The fraction of sp³-hybridized carbons (Fsp3) is 0.410. The number of para-hydroxylation sites is 1. The molecule has 11 heteroatoms. The molecule has 4 aromatic rings. The Kier molecular flexibility index (Phi) is 13.5. The van der Waals surface area contributed by atoms with Crippen LogP contribution in [0.3, 0.4) is 0 Å². The lowest BCUT2D eigenvalue weighted by atomic mass is 9.85. The van der Waals surface area contributed by atoms with Crippen LogP contribution in [0.2, 0.25) is 0 Å². The topological polar surface area (TPSA) is 111 Å². The highest BCUT2D eigenvalue weighted by Gasteiger charge is 2.41. The molecule has 0 aliphatic carbocycles. The molecule has 0 bridgehead atoms. The lowest BCUT2D eigenvalue weighted by Gasteiger charge is -2.42. The number of hydrogen-bond acceptors (Lipinski definition) is 11. The maximum Gasteiger partial charge on any atom is 0.528 e. The van der Waals surface area contributed by atoms with Gasteiger partial charge < -0.3 is 33.3 Å². The van der Waals surface area contributed by atoms with Crippen LogP contribution >= 0.6 is 0 Å². The Hall–Kier alpha value is -4.55. The second-order valence-corrected chi connectivity index (χ2v) is 12.9. The Morgan fingerprint density at radius 1 is 0.780 bits per heavy atom. The van der Waals surface area contributed by atoms with Gasteiger partial charge in [-0.1, -0.05) is 42.5 Å². The largest absolute Gasteiger partial charge is 0.528 e. The number of benzene rings is 2. The first-order valence-electron chi connectivity index (χ1n) is 16.9. The minimum absolute atomic E-state index is 0.210. The molecule has 2 aromatic carbocycles. The lowest BCUT2D eigenvalue weighted by molar-refractivity contribution is -0.210. The summed E-state index contributed by atoms with van der Waals surface area (Å²) in [4.78, 5) is 27.3. The van der Waals surface area contributed by atoms with E-state index < -0.39 is 24.0 Å². The third kappa shape index (κ3) is 11.5. The number of piperidine rings is 1. The van der Waals surface area contributed by atoms with E-state index in [0.29, 0.717) is 32.9 Å². The van der Waals surface area contributed by atoms with Crippen LogP contribution in [0.25, 0.3) is 0 Å². The van der Waals surface area contributed by atoms with Crippen molar-refractivity contribution in [2.24, 2.45) is 0 Å². The number of carbonyl (C=O) groups is 1. The van der Waals surface area contributed by atoms with E-state index in [4.69, 9.17) is 33.3 Å². The third-order valence-electron chi connectivity index (χ3n) is 7.92. The normalized spacial score (nSPS) is 18.0. The first kappa shape index (κ1) is 36.7. The maximum atomic E-state index is 12.7. The summed E-state index contributed by atoms with van der Waals surface area (Å²) < 4.78 is 35.8. The molecule has 1 unspecified atom stereocenters. The number of rotatable bonds is 16. The highest BCUT2D eigenvalue weighted by atomic mass is 16.8. The molecule has 0 radical (unpaired) electrons. The molecular weight excluding hydrogens is 638 g/mol. The molecule has 1 aliphatic rings. The van der Waals surface area contributed by atoms with Crippen LogP contribution in [0, 0.1) is 0 Å². The lowest BCUT2D eigenvalue weighted by Crippen LogP contribution is -2.53. The van der Waals surface area contributed by atoms with E-state index in [0.717, 1.165) is 40.4 Å². The van der Waals surface area contributed by atoms with Crippen LogP contribution in [0.5, 0.6) is 11.5 Å². The molecule has 11 nitrogen and oxygen atoms in total. The summed E-state index contributed by atoms with van der Waals surface area (Å²) in [5, 5.41) is 1.56. The molecule has 1 fully saturated rings. The molecule has 50 heavy (non-hydrogen) atoms. The van der Waals surface area contributed by atoms with Crippen molar-refractivity contribution in [2.75, 3.05) is 33.4 Å². The molecule has 3 heterocycles. The quantitative estimate of drug-likeness (QED) is 0.0907. The van der Waals surface area contributed by atoms with Crippen LogP contribution in [-0.2, 0) is 43.6 Å². The fourth-order valence-electron chi connectivity index (χ4n) is 5.63. The highest BCUT2D eigenvalue weighted by Crippen LogP contribution is 2.35. The Morgan fingerprint density at radius 3 is 1.98 bits per heavy atom. The average molecular weight is 686 g/mol. The second-order valence-electron chi connectivity index (χ2n) is 12.9. The third-order valence-corrected chi connectivity index (χ3v) is 7.92. The summed E-state index contributed by atoms with van der Waals surface area (Å²) in [5.74, 6) is 1.36. The fourth-order valence-corrected chi connectivity index (χ4v) is 5.63. The molecule has 0 N–H and O–H groups in total. The van der Waals surface area contributed by atoms with Gasteiger partial charge in [0.2, 0.25) is 0 Å². The number of methoxy groups -OCH3 is 1. The Morgan fingerprint density at radius 2 is 1.40 bits per heavy atom. The minimum atomic E-state index is -0.783. The van der Waals surface area contributed by atoms with Crippen LogP contribution in [0.15, 0.2) is 97.3 Å². The zero-order valence-electron chi connectivity index (χ0n) is 29.2. The van der Waals surface area contributed by atoms with Gasteiger partial charge in [-0.3, -0.25) is 9.97 Å². The summed E-state index contributed by atoms with van der Waals surface area (Å²) >= 11 is 0. The van der Waals surface area contributed by atoms with Crippen LogP contribution in [0.4, 0.5) is 4.79 Å². The van der Waals surface area contributed by atoms with Crippen molar-refractivity contribution in [1.82, 2.24) is 15.0 Å². The molecule has 0 spiro atoms. The predicted octanol–water partition coefficient (Wildman–Crippen LogP) is 6.91. The first-order valence-corrected chi connectivity index (χ1v) is 16.9. The average Bonchev–Trinajstić information content (AvgIpc) is 3.11. The zero-order valence-corrected chi connectivity index (χ0v) is 29.2. The van der Waals surface area contributed by atoms with Gasteiger partial charge in [0.1, 0.15) is 17.1 Å². The van der Waals surface area contributed by atoms with Crippen LogP contribution < -0.4 is 9.47 Å². The van der Waals surface area contributed by atoms with E-state index in [9.17, 15) is 4.79 Å². The summed E-state index contributed by atoms with van der Waals surface area (Å²) in [5.41, 5.74) is 2.90. The molecule has 3 atom stereocenters. The number of ether oxygens (including phenoxy) is 6. The number of pyridine rings is 2. The number of hydrogen-bond donors (Lipinski definition) is 0. The predicted molar refractivity (Wildman–Crippen MR) is 186 cm³/mol. The van der Waals surface area contributed by atoms with Gasteiger partial charge in [-0.05, 0) is 68.8 Å². The molecule has 0 amide bonds. The van der Waals surface area contributed by atoms with Gasteiger partial charge in [-0.25, -0.2) is 4.79 Å². The van der Waals surface area contributed by atoms with Gasteiger partial charge in [0.15, 0.2) is 0 Å². The minimum Gasteiger partial charge on any atom is -0.496 e. The Bertz CT molecular complexity index is 1530. The summed E-state index contributed by atoms with van der Waals surface area (Å²) in [6.07, 6.45) is 2.58. The van der Waals surface area contributed by atoms with Crippen LogP contribution in [0.1, 0.15) is 55.6 Å². The summed E-state index contributed by atoms with van der Waals surface area (Å²) in [6, 6.07) is 27.2. The van der Waals surface area contributed by atoms with Crippen LogP contribution in [-0.4, -0.2) is 72.4 Å². The Balaban J connectivity index is 1.26. The van der Waals surface area contributed by atoms with Crippen molar-refractivity contribution in [2.45, 2.75) is 70.7 Å². The van der Waals surface area contributed by atoms with Crippen molar-refractivity contribution in [3.63, 3.8) is 0 Å². The van der Waals surface area contributed by atoms with Gasteiger partial charge in [0.25, 0.3) is 0 Å². The number of carbonyl (C=O) groups excluding carboxylic acids is 1. The van der Waals surface area contributed by atoms with Crippen molar-refractivity contribution in [3.8, 4) is 11.5 Å². The van der Waals surface area contributed by atoms with E-state index in [2.05, 4.69) is 9.97 Å². The van der Waals surface area contributed by atoms with E-state index in [1.165, 1.54) is 0 Å². The van der Waals surface area contributed by atoms with E-state index >= 15 is 0 Å². The highest BCUT2D eigenvalue weighted by molar-refractivity contribution is 5.60. The van der Waals surface area contributed by atoms with E-state index in [1.54, 1.807) is 45.3 Å². The van der Waals surface area contributed by atoms with Gasteiger partial charge in [-0.2, -0.15) is 0 Å². The van der Waals surface area contributed by atoms with Gasteiger partial charge in [-0.15, -0.1) is 5.06 Å². The number of hydroxylamine groups is 2. The number of aromatic nitrogens is 2. The molecule has 1 saturated heterocycles. The van der Waals surface area contributed by atoms with E-state index in [-0.39, 0.29) is 19.1 Å². The van der Waals surface area contributed by atoms with E-state index in [1.807, 2.05) is 84.9 Å². The van der Waals surface area contributed by atoms with Crippen molar-refractivity contribution >= 4 is 6.16 Å². The SMILES string of the molecule is COc1ccccc1COCCCOc1ccc(C2[C@@H](OCc3ccccn3)CN(OC(=O)OC(C)(C)C)C[C@H]2OCc2ccccn2)cc1. The van der Waals surface area contributed by atoms with Gasteiger partial charge in [0, 0.05) is 30.3 Å². The molecule has 5 rings (SSSR count). The van der Waals surface area contributed by atoms with Crippen molar-refractivity contribution in [1.29, 1.82) is 0 Å². The smallest absolute Gasteiger partial charge is 0.496 e. The van der Waals surface area contributed by atoms with Gasteiger partial charge in [0.05, 0.1) is 76.8 Å². The molecule has 2 aromatic heterocycles. The Labute approximate surface area is 294 Å². The van der Waals surface area contributed by atoms with Gasteiger partial charge >= 0.3 is 6.16 Å². The first-order chi connectivity index (χ1) is 24.3. The standard InChI is InChI=1S/C39H47N3O8/c1-39(2,3)49-38(43)50-42-24-35(47-27-31-13-7-9-20-40-31)37(36(25-42)48-28-32-14-8-10-21-41-32)29-16-18-33(19-17-29)46-23-11-22-45-26-30-12-5-6-15-34(30)44-4/h5-10,12-21,35-37H,11,22-28H2,1-4H3/t35-,36+,37?. The van der Waals surface area contributed by atoms with Crippen molar-refractivity contribution < 1.29 is 38.1 Å². The molecular formula is C39H47N3O8. The number of nitrogens with zero attached hydrogens (tertiary/aromatic N) is 3. The van der Waals surface area contributed by atoms with Crippen molar-refractivity contribution in [3.05, 3.63) is 120 Å². The summed E-state index contributed by atoms with van der Waals surface area (Å²) in [7, 11) is 1.66. The maximum absolute atomic E-state index is 12.7.